The van der Waals surface area contributed by atoms with E-state index in [1.807, 2.05) is 78.9 Å². The van der Waals surface area contributed by atoms with Crippen LogP contribution in [0.25, 0.3) is 6.08 Å². The maximum atomic E-state index is 12.0. The summed E-state index contributed by atoms with van der Waals surface area (Å²) in [6.07, 6.45) is 3.12. The fraction of sp³-hybridized carbons (Fsp3) is 0.0435. The van der Waals surface area contributed by atoms with E-state index in [1.165, 1.54) is 6.08 Å². The van der Waals surface area contributed by atoms with Crippen LogP contribution >= 0.6 is 12.2 Å². The van der Waals surface area contributed by atoms with E-state index in [4.69, 9.17) is 17.0 Å². The van der Waals surface area contributed by atoms with Gasteiger partial charge < -0.3 is 10.1 Å². The molecule has 6 nitrogen and oxygen atoms in total. The van der Waals surface area contributed by atoms with Crippen molar-refractivity contribution in [3.8, 4) is 5.75 Å². The molecule has 0 atom stereocenters. The lowest BCUT2D eigenvalue weighted by Gasteiger charge is -2.08. The van der Waals surface area contributed by atoms with Crippen LogP contribution in [0, 0.1) is 0 Å². The minimum absolute atomic E-state index is 0.207. The van der Waals surface area contributed by atoms with Crippen LogP contribution in [0.5, 0.6) is 5.75 Å². The van der Waals surface area contributed by atoms with E-state index in [2.05, 4.69) is 20.9 Å². The van der Waals surface area contributed by atoms with Gasteiger partial charge >= 0.3 is 0 Å². The minimum Gasteiger partial charge on any atom is -0.497 e. The Balaban J connectivity index is 1.49. The average Bonchev–Trinajstić information content (AvgIpc) is 2.78. The molecule has 7 heteroatoms. The lowest BCUT2D eigenvalue weighted by Crippen LogP contribution is -2.32. The second-order valence-corrected chi connectivity index (χ2v) is 6.54. The first-order valence-electron chi connectivity index (χ1n) is 9.13. The predicted octanol–water partition coefficient (Wildman–Crippen LogP) is 5.64. The number of amides is 1. The van der Waals surface area contributed by atoms with Crippen molar-refractivity contribution in [2.75, 3.05) is 12.4 Å². The number of azo groups is 1. The van der Waals surface area contributed by atoms with Crippen molar-refractivity contribution in [2.24, 2.45) is 10.2 Å². The molecule has 3 aromatic rings. The van der Waals surface area contributed by atoms with Crippen molar-refractivity contribution >= 4 is 46.4 Å². The zero-order chi connectivity index (χ0) is 21.2. The fourth-order valence-corrected chi connectivity index (χ4v) is 2.64. The molecule has 0 unspecified atom stereocenters. The van der Waals surface area contributed by atoms with Crippen LogP contribution in [0.15, 0.2) is 95.2 Å². The first kappa shape index (κ1) is 20.9. The molecule has 0 aliphatic carbocycles. The summed E-state index contributed by atoms with van der Waals surface area (Å²) in [5.41, 5.74) is 3.11. The van der Waals surface area contributed by atoms with Crippen LogP contribution in [0.4, 0.5) is 17.1 Å². The summed E-state index contributed by atoms with van der Waals surface area (Å²) < 4.78 is 5.11. The van der Waals surface area contributed by atoms with Crippen molar-refractivity contribution in [1.82, 2.24) is 5.32 Å². The highest BCUT2D eigenvalue weighted by atomic mass is 32.1. The van der Waals surface area contributed by atoms with Crippen LogP contribution in [-0.4, -0.2) is 18.1 Å². The van der Waals surface area contributed by atoms with Crippen LogP contribution in [0.1, 0.15) is 5.56 Å². The van der Waals surface area contributed by atoms with Gasteiger partial charge in [-0.3, -0.25) is 10.1 Å². The molecule has 0 saturated carbocycles. The van der Waals surface area contributed by atoms with E-state index in [9.17, 15) is 4.79 Å². The molecule has 0 spiro atoms. The number of carbonyl (C=O) groups is 1. The van der Waals surface area contributed by atoms with Gasteiger partial charge in [-0.1, -0.05) is 30.3 Å². The van der Waals surface area contributed by atoms with Crippen molar-refractivity contribution in [3.05, 3.63) is 90.5 Å². The van der Waals surface area contributed by atoms with Gasteiger partial charge in [0.1, 0.15) is 5.75 Å². The topological polar surface area (TPSA) is 75.1 Å². The van der Waals surface area contributed by atoms with Gasteiger partial charge in [0.15, 0.2) is 5.11 Å². The Hall–Kier alpha value is -3.84. The second kappa shape index (κ2) is 10.6. The van der Waals surface area contributed by atoms with Gasteiger partial charge in [0.2, 0.25) is 5.91 Å². The molecule has 2 N–H and O–H groups in total. The molecule has 0 aromatic heterocycles. The standard InChI is InChI=1S/C23H20N4O2S/c1-29-21-14-7-17(8-15-21)9-16-22(28)25-23(30)24-18-10-12-20(13-11-18)27-26-19-5-3-2-4-6-19/h2-16H,1H3,(H2,24,25,28,30)/b16-9+,27-26?. The van der Waals surface area contributed by atoms with Gasteiger partial charge in [0, 0.05) is 11.8 Å². The Morgan fingerprint density at radius 3 is 2.17 bits per heavy atom. The molecule has 1 amide bonds. The van der Waals surface area contributed by atoms with Crippen LogP contribution in [-0.2, 0) is 4.79 Å². The smallest absolute Gasteiger partial charge is 0.250 e. The molecule has 0 aliphatic rings. The maximum absolute atomic E-state index is 12.0. The van der Waals surface area contributed by atoms with E-state index >= 15 is 0 Å². The first-order valence-corrected chi connectivity index (χ1v) is 9.54. The van der Waals surface area contributed by atoms with E-state index in [1.54, 1.807) is 13.2 Å². The number of nitrogens with one attached hydrogen (secondary N) is 2. The number of ether oxygens (including phenoxy) is 1. The van der Waals surface area contributed by atoms with Crippen molar-refractivity contribution in [3.63, 3.8) is 0 Å². The maximum Gasteiger partial charge on any atom is 0.250 e. The molecule has 0 aliphatic heterocycles. The number of hydrogen-bond acceptors (Lipinski definition) is 5. The van der Waals surface area contributed by atoms with Gasteiger partial charge in [-0.05, 0) is 72.4 Å². The molecular formula is C23H20N4O2S. The number of benzene rings is 3. The highest BCUT2D eigenvalue weighted by Crippen LogP contribution is 2.20. The number of nitrogens with zero attached hydrogens (tertiary/aromatic N) is 2. The first-order chi connectivity index (χ1) is 14.6. The van der Waals surface area contributed by atoms with Gasteiger partial charge in [0.05, 0.1) is 18.5 Å². The van der Waals surface area contributed by atoms with E-state index < -0.39 is 0 Å². The quantitative estimate of drug-likeness (QED) is 0.310. The Morgan fingerprint density at radius 2 is 1.53 bits per heavy atom. The number of methoxy groups -OCH3 is 1. The third-order valence-electron chi connectivity index (χ3n) is 3.94. The van der Waals surface area contributed by atoms with Gasteiger partial charge in [-0.2, -0.15) is 10.2 Å². The number of thiocarbonyl (C=S) groups is 1. The van der Waals surface area contributed by atoms with E-state index in [-0.39, 0.29) is 11.0 Å². The fourth-order valence-electron chi connectivity index (χ4n) is 2.42. The summed E-state index contributed by atoms with van der Waals surface area (Å²) in [4.78, 5) is 12.0. The molecule has 3 aromatic carbocycles. The lowest BCUT2D eigenvalue weighted by molar-refractivity contribution is -0.115. The third kappa shape index (κ3) is 6.65. The van der Waals surface area contributed by atoms with E-state index in [0.717, 1.165) is 22.7 Å². The molecule has 30 heavy (non-hydrogen) atoms. The average molecular weight is 417 g/mol. The second-order valence-electron chi connectivity index (χ2n) is 6.13. The molecular weight excluding hydrogens is 396 g/mol. The molecule has 0 radical (unpaired) electrons. The Bertz CT molecular complexity index is 1050. The Kier molecular flexibility index (Phi) is 7.40. The van der Waals surface area contributed by atoms with E-state index in [0.29, 0.717) is 5.69 Å². The molecule has 150 valence electrons. The molecule has 0 heterocycles. The highest BCUT2D eigenvalue weighted by molar-refractivity contribution is 7.80. The number of anilines is 1. The summed E-state index contributed by atoms with van der Waals surface area (Å²) in [6.45, 7) is 0. The Morgan fingerprint density at radius 1 is 0.900 bits per heavy atom. The largest absolute Gasteiger partial charge is 0.497 e. The number of rotatable bonds is 6. The summed E-state index contributed by atoms with van der Waals surface area (Å²) >= 11 is 5.19. The normalized spacial score (nSPS) is 10.8. The molecule has 0 saturated heterocycles. The summed E-state index contributed by atoms with van der Waals surface area (Å²) in [6, 6.07) is 24.1. The van der Waals surface area contributed by atoms with Gasteiger partial charge in [-0.25, -0.2) is 0 Å². The summed E-state index contributed by atoms with van der Waals surface area (Å²) in [5, 5.41) is 14.1. The minimum atomic E-state index is -0.323. The third-order valence-corrected chi connectivity index (χ3v) is 4.15. The predicted molar refractivity (Wildman–Crippen MR) is 123 cm³/mol. The van der Waals surface area contributed by atoms with Crippen LogP contribution < -0.4 is 15.4 Å². The van der Waals surface area contributed by atoms with Crippen molar-refractivity contribution in [1.29, 1.82) is 0 Å². The van der Waals surface area contributed by atoms with Crippen LogP contribution in [0.3, 0.4) is 0 Å². The van der Waals surface area contributed by atoms with Crippen molar-refractivity contribution in [2.45, 2.75) is 0 Å². The number of hydrogen-bond donors (Lipinski definition) is 2. The van der Waals surface area contributed by atoms with Crippen LogP contribution in [0.2, 0.25) is 0 Å². The molecule has 0 fully saturated rings. The van der Waals surface area contributed by atoms with Gasteiger partial charge in [0.25, 0.3) is 0 Å². The zero-order valence-electron chi connectivity index (χ0n) is 16.3. The summed E-state index contributed by atoms with van der Waals surface area (Å²) in [5.74, 6) is 0.436. The van der Waals surface area contributed by atoms with Gasteiger partial charge in [-0.15, -0.1) is 0 Å². The lowest BCUT2D eigenvalue weighted by atomic mass is 10.2. The molecule has 0 bridgehead atoms. The molecule has 3 rings (SSSR count). The SMILES string of the molecule is COc1ccc(/C=C/C(=O)NC(=S)Nc2ccc(N=Nc3ccccc3)cc2)cc1. The zero-order valence-corrected chi connectivity index (χ0v) is 17.1. The summed E-state index contributed by atoms with van der Waals surface area (Å²) in [7, 11) is 1.61. The Labute approximate surface area is 180 Å². The number of carbonyl (C=O) groups excluding carboxylic acids is 1. The highest BCUT2D eigenvalue weighted by Gasteiger charge is 2.02. The monoisotopic (exact) mass is 416 g/mol. The van der Waals surface area contributed by atoms with Crippen molar-refractivity contribution < 1.29 is 9.53 Å².